The van der Waals surface area contributed by atoms with Gasteiger partial charge >= 0.3 is 0 Å². The second kappa shape index (κ2) is 9.69. The summed E-state index contributed by atoms with van der Waals surface area (Å²) < 4.78 is 26.0. The van der Waals surface area contributed by atoms with Gasteiger partial charge in [0.2, 0.25) is 10.0 Å². The van der Waals surface area contributed by atoms with Crippen LogP contribution in [-0.4, -0.2) is 82.6 Å². The minimum absolute atomic E-state index is 0.261. The highest BCUT2D eigenvalue weighted by Crippen LogP contribution is 2.06. The fourth-order valence-corrected chi connectivity index (χ4v) is 3.49. The Hall–Kier alpha value is -0.170. The summed E-state index contributed by atoms with van der Waals surface area (Å²) in [6.45, 7) is 5.02. The summed E-state index contributed by atoms with van der Waals surface area (Å²) in [6.07, 6.45) is 2.45. The molecule has 116 valence electrons. The maximum atomic E-state index is 12.2. The van der Waals surface area contributed by atoms with E-state index in [1.807, 2.05) is 35.1 Å². The molecule has 0 amide bonds. The van der Waals surface area contributed by atoms with E-state index in [1.165, 1.54) is 0 Å². The summed E-state index contributed by atoms with van der Waals surface area (Å²) in [7, 11) is 4.97. The number of hydrogen-bond donors (Lipinski definition) is 0. The lowest BCUT2D eigenvalue weighted by atomic mass is 10.3. The minimum atomic E-state index is -3.07. The number of hydrogen-bond acceptors (Lipinski definition) is 4. The highest BCUT2D eigenvalue weighted by Gasteiger charge is 2.20. The first-order valence-corrected chi connectivity index (χ1v) is 8.67. The Labute approximate surface area is 119 Å². The number of sulfonamides is 1. The van der Waals surface area contributed by atoms with Crippen molar-refractivity contribution in [2.45, 2.75) is 26.2 Å². The standard InChI is InChI=1S/C13H31N3O2S/c1-6-13-19(17,18)16(11-7-9-14(2)3)12-8-10-15(4)5/h6-13H2,1-5H3. The second-order valence-electron chi connectivity index (χ2n) is 5.53. The van der Waals surface area contributed by atoms with Crippen LogP contribution in [0.25, 0.3) is 0 Å². The van der Waals surface area contributed by atoms with Crippen molar-refractivity contribution >= 4 is 10.0 Å². The van der Waals surface area contributed by atoms with Gasteiger partial charge in [-0.25, -0.2) is 12.7 Å². The molecule has 6 heteroatoms. The van der Waals surface area contributed by atoms with Gasteiger partial charge in [-0.1, -0.05) is 6.92 Å². The van der Waals surface area contributed by atoms with Crippen LogP contribution in [0.4, 0.5) is 0 Å². The van der Waals surface area contributed by atoms with Crippen molar-refractivity contribution in [2.24, 2.45) is 0 Å². The molecule has 0 aromatic heterocycles. The van der Waals surface area contributed by atoms with Crippen LogP contribution in [0.2, 0.25) is 0 Å². The number of rotatable bonds is 11. The molecule has 0 saturated carbocycles. The third kappa shape index (κ3) is 9.38. The first-order valence-electron chi connectivity index (χ1n) is 7.07. The van der Waals surface area contributed by atoms with Crippen LogP contribution in [0, 0.1) is 0 Å². The molecule has 0 atom stereocenters. The lowest BCUT2D eigenvalue weighted by Crippen LogP contribution is -2.36. The molecule has 0 aliphatic carbocycles. The van der Waals surface area contributed by atoms with E-state index in [2.05, 4.69) is 9.80 Å². The van der Waals surface area contributed by atoms with E-state index >= 15 is 0 Å². The fourth-order valence-electron chi connectivity index (χ4n) is 1.90. The Bertz CT molecular complexity index is 302. The summed E-state index contributed by atoms with van der Waals surface area (Å²) in [5, 5.41) is 0. The van der Waals surface area contributed by atoms with Crippen LogP contribution in [-0.2, 0) is 10.0 Å². The molecule has 19 heavy (non-hydrogen) atoms. The molecular weight excluding hydrogens is 262 g/mol. The van der Waals surface area contributed by atoms with Gasteiger partial charge in [-0.3, -0.25) is 0 Å². The maximum absolute atomic E-state index is 12.2. The Morgan fingerprint density at radius 3 is 1.53 bits per heavy atom. The van der Waals surface area contributed by atoms with Gasteiger partial charge in [-0.2, -0.15) is 0 Å². The van der Waals surface area contributed by atoms with Crippen LogP contribution in [0.5, 0.6) is 0 Å². The molecule has 0 unspecified atom stereocenters. The quantitative estimate of drug-likeness (QED) is 0.568. The summed E-state index contributed by atoms with van der Waals surface area (Å²) in [6, 6.07) is 0. The second-order valence-corrected chi connectivity index (χ2v) is 7.62. The third-order valence-electron chi connectivity index (χ3n) is 2.88. The molecule has 0 aromatic rings. The summed E-state index contributed by atoms with van der Waals surface area (Å²) in [5.74, 6) is 0.261. The molecule has 0 heterocycles. The predicted molar refractivity (Wildman–Crippen MR) is 82.0 cm³/mol. The molecule has 0 bridgehead atoms. The summed E-state index contributed by atoms with van der Waals surface area (Å²) in [5.41, 5.74) is 0. The molecule has 0 aliphatic heterocycles. The normalized spacial score (nSPS) is 12.8. The zero-order chi connectivity index (χ0) is 14.9. The first-order chi connectivity index (χ1) is 8.79. The molecule has 0 rings (SSSR count). The lowest BCUT2D eigenvalue weighted by Gasteiger charge is -2.23. The Morgan fingerprint density at radius 2 is 1.21 bits per heavy atom. The van der Waals surface area contributed by atoms with Gasteiger partial charge in [0.1, 0.15) is 0 Å². The van der Waals surface area contributed by atoms with Crippen molar-refractivity contribution in [3.05, 3.63) is 0 Å². The van der Waals surface area contributed by atoms with E-state index in [9.17, 15) is 8.42 Å². The van der Waals surface area contributed by atoms with Gasteiger partial charge in [0.05, 0.1) is 5.75 Å². The topological polar surface area (TPSA) is 43.9 Å². The van der Waals surface area contributed by atoms with E-state index < -0.39 is 10.0 Å². The minimum Gasteiger partial charge on any atom is -0.309 e. The molecule has 0 saturated heterocycles. The molecule has 0 aliphatic rings. The molecule has 0 radical (unpaired) electrons. The highest BCUT2D eigenvalue weighted by atomic mass is 32.2. The van der Waals surface area contributed by atoms with E-state index in [-0.39, 0.29) is 5.75 Å². The number of nitrogens with zero attached hydrogens (tertiary/aromatic N) is 3. The van der Waals surface area contributed by atoms with E-state index in [0.717, 1.165) is 25.9 Å². The van der Waals surface area contributed by atoms with Crippen molar-refractivity contribution in [2.75, 3.05) is 60.1 Å². The van der Waals surface area contributed by atoms with Gasteiger partial charge in [-0.15, -0.1) is 0 Å². The average molecular weight is 293 g/mol. The van der Waals surface area contributed by atoms with Gasteiger partial charge in [0.15, 0.2) is 0 Å². The highest BCUT2D eigenvalue weighted by molar-refractivity contribution is 7.89. The smallest absolute Gasteiger partial charge is 0.214 e. The molecular formula is C13H31N3O2S. The zero-order valence-corrected chi connectivity index (χ0v) is 14.0. The molecule has 0 aromatic carbocycles. The maximum Gasteiger partial charge on any atom is 0.214 e. The Morgan fingerprint density at radius 1 is 0.789 bits per heavy atom. The zero-order valence-electron chi connectivity index (χ0n) is 13.2. The third-order valence-corrected chi connectivity index (χ3v) is 4.96. The van der Waals surface area contributed by atoms with Crippen molar-refractivity contribution in [1.29, 1.82) is 0 Å². The van der Waals surface area contributed by atoms with Crippen LogP contribution in [0.3, 0.4) is 0 Å². The van der Waals surface area contributed by atoms with Crippen molar-refractivity contribution < 1.29 is 8.42 Å². The lowest BCUT2D eigenvalue weighted by molar-refractivity contribution is 0.326. The van der Waals surface area contributed by atoms with Crippen molar-refractivity contribution in [1.82, 2.24) is 14.1 Å². The van der Waals surface area contributed by atoms with E-state index in [0.29, 0.717) is 19.5 Å². The SMILES string of the molecule is CCCS(=O)(=O)N(CCCN(C)C)CCCN(C)C. The molecule has 0 spiro atoms. The summed E-state index contributed by atoms with van der Waals surface area (Å²) >= 11 is 0. The Balaban J connectivity index is 4.38. The predicted octanol–water partition coefficient (Wildman–Crippen LogP) is 0.932. The van der Waals surface area contributed by atoms with E-state index in [1.54, 1.807) is 4.31 Å². The average Bonchev–Trinajstić information content (AvgIpc) is 2.25. The van der Waals surface area contributed by atoms with Gasteiger partial charge < -0.3 is 9.80 Å². The van der Waals surface area contributed by atoms with Crippen LogP contribution in [0.1, 0.15) is 26.2 Å². The van der Waals surface area contributed by atoms with Crippen molar-refractivity contribution in [3.8, 4) is 0 Å². The fraction of sp³-hybridized carbons (Fsp3) is 1.00. The van der Waals surface area contributed by atoms with Gasteiger partial charge in [0, 0.05) is 13.1 Å². The van der Waals surface area contributed by atoms with Gasteiger partial charge in [-0.05, 0) is 60.5 Å². The van der Waals surface area contributed by atoms with Crippen LogP contribution < -0.4 is 0 Å². The van der Waals surface area contributed by atoms with Crippen molar-refractivity contribution in [3.63, 3.8) is 0 Å². The van der Waals surface area contributed by atoms with Crippen LogP contribution >= 0.6 is 0 Å². The van der Waals surface area contributed by atoms with Gasteiger partial charge in [0.25, 0.3) is 0 Å². The molecule has 0 N–H and O–H groups in total. The summed E-state index contributed by atoms with van der Waals surface area (Å²) in [4.78, 5) is 4.18. The Kier molecular flexibility index (Phi) is 9.60. The first kappa shape index (κ1) is 18.8. The molecule has 5 nitrogen and oxygen atoms in total. The van der Waals surface area contributed by atoms with E-state index in [4.69, 9.17) is 0 Å². The monoisotopic (exact) mass is 293 g/mol. The largest absolute Gasteiger partial charge is 0.309 e. The van der Waals surface area contributed by atoms with Crippen LogP contribution in [0.15, 0.2) is 0 Å². The molecule has 0 fully saturated rings.